The Labute approximate surface area is 118 Å². The zero-order chi connectivity index (χ0) is 13.7. The van der Waals surface area contributed by atoms with Crippen molar-refractivity contribution in [1.29, 1.82) is 0 Å². The normalized spacial score (nSPS) is 14.1. The predicted molar refractivity (Wildman–Crippen MR) is 77.8 cm³/mol. The summed E-state index contributed by atoms with van der Waals surface area (Å²) in [6.07, 6.45) is 2.26. The molecule has 0 unspecified atom stereocenters. The topological polar surface area (TPSA) is 58.4 Å². The van der Waals surface area contributed by atoms with Crippen LogP contribution in [0.5, 0.6) is 0 Å². The summed E-state index contributed by atoms with van der Waals surface area (Å²) in [6, 6.07) is 2.49. The number of rotatable bonds is 5. The van der Waals surface area contributed by atoms with Gasteiger partial charge in [0.25, 0.3) is 0 Å². The van der Waals surface area contributed by atoms with Gasteiger partial charge in [-0.2, -0.15) is 0 Å². The number of nitrogens with one attached hydrogen (secondary N) is 1. The van der Waals surface area contributed by atoms with Gasteiger partial charge in [0, 0.05) is 28.4 Å². The van der Waals surface area contributed by atoms with Crippen LogP contribution in [0, 0.1) is 11.8 Å². The molecule has 1 aromatic heterocycles. The van der Waals surface area contributed by atoms with Gasteiger partial charge < -0.3 is 11.1 Å². The fourth-order valence-electron chi connectivity index (χ4n) is 1.75. The lowest BCUT2D eigenvalue weighted by molar-refractivity contribution is -0.122. The molecule has 4 nitrogen and oxygen atoms in total. The molecule has 0 saturated heterocycles. The van der Waals surface area contributed by atoms with Crippen LogP contribution < -0.4 is 11.1 Å². The van der Waals surface area contributed by atoms with E-state index in [4.69, 9.17) is 5.73 Å². The smallest absolute Gasteiger partial charge is 0.234 e. The Morgan fingerprint density at radius 1 is 1.63 bits per heavy atom. The second-order valence-corrected chi connectivity index (χ2v) is 5.82. The third-order valence-corrected chi connectivity index (χ3v) is 3.69. The van der Waals surface area contributed by atoms with Crippen molar-refractivity contribution < 1.29 is 4.79 Å². The molecular weight excluding hydrogens is 258 g/mol. The van der Waals surface area contributed by atoms with Gasteiger partial charge in [0.05, 0.1) is 13.1 Å². The van der Waals surface area contributed by atoms with Gasteiger partial charge in [-0.1, -0.05) is 11.8 Å². The van der Waals surface area contributed by atoms with Crippen LogP contribution in [-0.4, -0.2) is 37.0 Å². The molecule has 102 valence electrons. The van der Waals surface area contributed by atoms with Gasteiger partial charge in [-0.25, -0.2) is 0 Å². The van der Waals surface area contributed by atoms with Crippen molar-refractivity contribution >= 4 is 17.2 Å². The fourth-order valence-corrected chi connectivity index (χ4v) is 2.65. The molecule has 1 amide bonds. The Bertz CT molecular complexity index is 496. The number of hydrogen-bond acceptors (Lipinski definition) is 4. The first-order chi connectivity index (χ1) is 9.17. The van der Waals surface area contributed by atoms with E-state index in [0.717, 1.165) is 24.9 Å². The number of nitrogens with zero attached hydrogens (tertiary/aromatic N) is 1. The number of likely N-dealkylation sites (N-methyl/N-ethyl adjacent to an activating group) is 1. The summed E-state index contributed by atoms with van der Waals surface area (Å²) in [4.78, 5) is 14.9. The number of hydrogen-bond donors (Lipinski definition) is 2. The van der Waals surface area contributed by atoms with Crippen molar-refractivity contribution in [2.45, 2.75) is 25.4 Å². The van der Waals surface area contributed by atoms with Crippen molar-refractivity contribution in [3.63, 3.8) is 0 Å². The minimum Gasteiger partial charge on any atom is -0.352 e. The van der Waals surface area contributed by atoms with Crippen LogP contribution in [0.3, 0.4) is 0 Å². The van der Waals surface area contributed by atoms with E-state index in [2.05, 4.69) is 23.2 Å². The minimum atomic E-state index is 0.115. The molecule has 0 spiro atoms. The summed E-state index contributed by atoms with van der Waals surface area (Å²) in [6.45, 7) is 1.59. The molecule has 1 fully saturated rings. The molecule has 1 aliphatic carbocycles. The lowest BCUT2D eigenvalue weighted by Gasteiger charge is -2.14. The maximum atomic E-state index is 11.7. The van der Waals surface area contributed by atoms with Gasteiger partial charge in [-0.3, -0.25) is 9.69 Å². The van der Waals surface area contributed by atoms with E-state index in [1.165, 1.54) is 4.88 Å². The molecule has 3 N–H and O–H groups in total. The molecule has 0 aliphatic heterocycles. The third kappa shape index (κ3) is 5.03. The average molecular weight is 277 g/mol. The zero-order valence-electron chi connectivity index (χ0n) is 11.1. The lowest BCUT2D eigenvalue weighted by Crippen LogP contribution is -2.35. The zero-order valence-corrected chi connectivity index (χ0v) is 11.9. The Morgan fingerprint density at radius 2 is 2.42 bits per heavy atom. The molecule has 1 saturated carbocycles. The minimum absolute atomic E-state index is 0.115. The molecule has 0 atom stereocenters. The molecular formula is C14H19N3OS. The van der Waals surface area contributed by atoms with Crippen molar-refractivity contribution in [2.24, 2.45) is 5.73 Å². The quantitative estimate of drug-likeness (QED) is 0.782. The van der Waals surface area contributed by atoms with Crippen LogP contribution in [0.25, 0.3) is 0 Å². The summed E-state index contributed by atoms with van der Waals surface area (Å²) >= 11 is 1.66. The van der Waals surface area contributed by atoms with E-state index < -0.39 is 0 Å². The summed E-state index contributed by atoms with van der Waals surface area (Å²) in [5.74, 6) is 5.96. The van der Waals surface area contributed by atoms with Crippen LogP contribution in [0.1, 0.15) is 23.3 Å². The van der Waals surface area contributed by atoms with Crippen molar-refractivity contribution in [2.75, 3.05) is 20.1 Å². The van der Waals surface area contributed by atoms with Crippen LogP contribution >= 0.6 is 11.3 Å². The van der Waals surface area contributed by atoms with E-state index in [0.29, 0.717) is 19.1 Å². The molecule has 1 aromatic rings. The highest BCUT2D eigenvalue weighted by Crippen LogP contribution is 2.18. The van der Waals surface area contributed by atoms with Crippen molar-refractivity contribution in [3.05, 3.63) is 21.9 Å². The number of amides is 1. The monoisotopic (exact) mass is 277 g/mol. The van der Waals surface area contributed by atoms with Crippen LogP contribution in [0.15, 0.2) is 11.4 Å². The average Bonchev–Trinajstić information content (AvgIpc) is 3.04. The lowest BCUT2D eigenvalue weighted by atomic mass is 10.3. The van der Waals surface area contributed by atoms with Gasteiger partial charge in [0.15, 0.2) is 0 Å². The van der Waals surface area contributed by atoms with E-state index in [1.54, 1.807) is 11.3 Å². The largest absolute Gasteiger partial charge is 0.352 e. The van der Waals surface area contributed by atoms with Crippen molar-refractivity contribution in [3.8, 4) is 11.8 Å². The second kappa shape index (κ2) is 6.71. The number of carbonyl (C=O) groups excluding carboxylic acids is 1. The first-order valence-corrected chi connectivity index (χ1v) is 7.29. The predicted octanol–water partition coefficient (Wildman–Crippen LogP) is 0.769. The van der Waals surface area contributed by atoms with Gasteiger partial charge >= 0.3 is 0 Å². The van der Waals surface area contributed by atoms with Crippen LogP contribution in [0.2, 0.25) is 0 Å². The maximum absolute atomic E-state index is 11.7. The van der Waals surface area contributed by atoms with Crippen LogP contribution in [0.4, 0.5) is 0 Å². The van der Waals surface area contributed by atoms with Crippen LogP contribution in [-0.2, 0) is 11.3 Å². The van der Waals surface area contributed by atoms with E-state index in [1.807, 2.05) is 17.3 Å². The third-order valence-electron chi connectivity index (χ3n) is 2.77. The van der Waals surface area contributed by atoms with Gasteiger partial charge in [0.1, 0.15) is 0 Å². The van der Waals surface area contributed by atoms with Gasteiger partial charge in [0.2, 0.25) is 5.91 Å². The number of carbonyl (C=O) groups is 1. The molecule has 0 radical (unpaired) electrons. The number of thiophene rings is 1. The van der Waals surface area contributed by atoms with E-state index >= 15 is 0 Å². The standard InChI is InChI=1S/C14H19N3OS/c1-17(9-14(18)16-12-4-5-12)8-13-7-11(10-19-13)3-2-6-15/h7,10,12H,4-6,8-9,15H2,1H3,(H,16,18). The summed E-state index contributed by atoms with van der Waals surface area (Å²) in [5, 5.41) is 5.01. The molecule has 19 heavy (non-hydrogen) atoms. The second-order valence-electron chi connectivity index (χ2n) is 4.82. The molecule has 1 heterocycles. The summed E-state index contributed by atoms with van der Waals surface area (Å²) in [7, 11) is 1.96. The Hall–Kier alpha value is -1.35. The van der Waals surface area contributed by atoms with Crippen molar-refractivity contribution in [1.82, 2.24) is 10.2 Å². The Balaban J connectivity index is 1.78. The SMILES string of the molecule is CN(CC(=O)NC1CC1)Cc1cc(C#CCN)cs1. The fraction of sp³-hybridized carbons (Fsp3) is 0.500. The first kappa shape index (κ1) is 14.1. The molecule has 2 rings (SSSR count). The highest BCUT2D eigenvalue weighted by atomic mass is 32.1. The Morgan fingerprint density at radius 3 is 3.11 bits per heavy atom. The van der Waals surface area contributed by atoms with Gasteiger partial charge in [-0.05, 0) is 26.0 Å². The van der Waals surface area contributed by atoms with Gasteiger partial charge in [-0.15, -0.1) is 11.3 Å². The summed E-state index contributed by atoms with van der Waals surface area (Å²) in [5.41, 5.74) is 6.34. The molecule has 0 aromatic carbocycles. The first-order valence-electron chi connectivity index (χ1n) is 6.41. The highest BCUT2D eigenvalue weighted by molar-refractivity contribution is 7.10. The molecule has 0 bridgehead atoms. The number of nitrogens with two attached hydrogens (primary N) is 1. The van der Waals surface area contributed by atoms with E-state index in [9.17, 15) is 4.79 Å². The highest BCUT2D eigenvalue weighted by Gasteiger charge is 2.23. The molecule has 1 aliphatic rings. The summed E-state index contributed by atoms with van der Waals surface area (Å²) < 4.78 is 0. The maximum Gasteiger partial charge on any atom is 0.234 e. The van der Waals surface area contributed by atoms with E-state index in [-0.39, 0.29) is 5.91 Å². The Kier molecular flexibility index (Phi) is 4.97. The molecule has 5 heteroatoms.